The fourth-order valence-electron chi connectivity index (χ4n) is 3.04. The Morgan fingerprint density at radius 2 is 2.21 bits per heavy atom. The van der Waals surface area contributed by atoms with Crippen LogP contribution in [0.4, 0.5) is 0 Å². The molecule has 138 valence electrons. The number of hydrogen-bond donors (Lipinski definition) is 2. The number of likely N-dealkylation sites (tertiary alicyclic amines) is 1. The molecule has 1 aliphatic heterocycles. The first-order valence-corrected chi connectivity index (χ1v) is 9.96. The Hall–Kier alpha value is -0.340. The van der Waals surface area contributed by atoms with Gasteiger partial charge in [0.05, 0.1) is 6.54 Å². The molecule has 6 heteroatoms. The van der Waals surface area contributed by atoms with E-state index in [-0.39, 0.29) is 24.0 Å². The third kappa shape index (κ3) is 8.16. The molecule has 1 aromatic heterocycles. The van der Waals surface area contributed by atoms with Crippen LogP contribution in [-0.2, 0) is 6.54 Å². The summed E-state index contributed by atoms with van der Waals surface area (Å²) in [5.74, 6) is 0.937. The fraction of sp³-hybridized carbons (Fsp3) is 0.722. The van der Waals surface area contributed by atoms with Crippen molar-refractivity contribution < 1.29 is 0 Å². The number of nitrogens with one attached hydrogen (secondary N) is 2. The second-order valence-corrected chi connectivity index (χ2v) is 7.32. The topological polar surface area (TPSA) is 39.7 Å². The van der Waals surface area contributed by atoms with Gasteiger partial charge in [0.15, 0.2) is 5.96 Å². The van der Waals surface area contributed by atoms with E-state index >= 15 is 0 Å². The van der Waals surface area contributed by atoms with E-state index in [1.807, 2.05) is 0 Å². The number of nitrogens with zero attached hydrogens (tertiary/aromatic N) is 2. The molecule has 0 aliphatic carbocycles. The molecule has 0 radical (unpaired) electrons. The lowest BCUT2D eigenvalue weighted by Crippen LogP contribution is -2.39. The van der Waals surface area contributed by atoms with E-state index in [0.717, 1.165) is 31.6 Å². The molecule has 2 heterocycles. The molecular formula is C18H33IN4S. The summed E-state index contributed by atoms with van der Waals surface area (Å²) in [6, 6.07) is 5.00. The van der Waals surface area contributed by atoms with Gasteiger partial charge < -0.3 is 15.5 Å². The number of unbranched alkanes of at least 4 members (excludes halogenated alkanes) is 1. The molecule has 0 amide bonds. The molecule has 0 spiro atoms. The Bertz CT molecular complexity index is 450. The first kappa shape index (κ1) is 21.7. The molecule has 2 rings (SSSR count). The highest BCUT2D eigenvalue weighted by Crippen LogP contribution is 2.16. The summed E-state index contributed by atoms with van der Waals surface area (Å²) >= 11 is 1.76. The van der Waals surface area contributed by atoms with Gasteiger partial charge in [-0.25, -0.2) is 4.99 Å². The zero-order valence-electron chi connectivity index (χ0n) is 15.1. The molecule has 0 saturated carbocycles. The minimum atomic E-state index is 0. The molecule has 1 unspecified atom stereocenters. The fourth-order valence-corrected chi connectivity index (χ4v) is 3.67. The van der Waals surface area contributed by atoms with Crippen molar-refractivity contribution in [3.63, 3.8) is 0 Å². The Morgan fingerprint density at radius 3 is 2.92 bits per heavy atom. The van der Waals surface area contributed by atoms with Crippen LogP contribution in [0.25, 0.3) is 0 Å². The molecule has 2 N–H and O–H groups in total. The van der Waals surface area contributed by atoms with Crippen LogP contribution in [0, 0.1) is 0 Å². The van der Waals surface area contributed by atoms with E-state index in [1.54, 1.807) is 11.3 Å². The highest BCUT2D eigenvalue weighted by molar-refractivity contribution is 14.0. The van der Waals surface area contributed by atoms with Crippen molar-refractivity contribution in [1.82, 2.24) is 15.5 Å². The number of piperidine rings is 1. The van der Waals surface area contributed by atoms with Gasteiger partial charge in [-0.2, -0.15) is 0 Å². The van der Waals surface area contributed by atoms with Crippen LogP contribution < -0.4 is 10.6 Å². The number of rotatable bonds is 8. The molecule has 1 fully saturated rings. The summed E-state index contributed by atoms with van der Waals surface area (Å²) in [4.78, 5) is 8.61. The maximum atomic E-state index is 4.65. The number of guanidine groups is 1. The summed E-state index contributed by atoms with van der Waals surface area (Å²) in [5.41, 5.74) is 0. The normalized spacial score (nSPS) is 18.9. The van der Waals surface area contributed by atoms with Crippen LogP contribution in [0.2, 0.25) is 0 Å². The first-order valence-electron chi connectivity index (χ1n) is 9.08. The second-order valence-electron chi connectivity index (χ2n) is 6.29. The van der Waals surface area contributed by atoms with Gasteiger partial charge >= 0.3 is 0 Å². The minimum Gasteiger partial charge on any atom is -0.357 e. The largest absolute Gasteiger partial charge is 0.357 e. The van der Waals surface area contributed by atoms with Crippen LogP contribution in [-0.4, -0.2) is 43.1 Å². The first-order chi connectivity index (χ1) is 11.3. The van der Waals surface area contributed by atoms with Crippen molar-refractivity contribution in [3.8, 4) is 0 Å². The lowest BCUT2D eigenvalue weighted by Gasteiger charge is -2.33. The molecule has 1 aromatic rings. The zero-order valence-corrected chi connectivity index (χ0v) is 18.2. The van der Waals surface area contributed by atoms with E-state index in [1.165, 1.54) is 50.1 Å². The molecule has 0 aromatic carbocycles. The number of hydrogen-bond acceptors (Lipinski definition) is 3. The number of aliphatic imine (C=N–C) groups is 1. The van der Waals surface area contributed by atoms with Gasteiger partial charge in [0.1, 0.15) is 0 Å². The Kier molecular flexibility index (Phi) is 11.7. The van der Waals surface area contributed by atoms with Gasteiger partial charge in [-0.1, -0.05) is 12.5 Å². The van der Waals surface area contributed by atoms with Crippen molar-refractivity contribution in [3.05, 3.63) is 22.4 Å². The molecule has 1 aliphatic rings. The number of halogens is 1. The lowest BCUT2D eigenvalue weighted by atomic mass is 10.0. The molecule has 0 bridgehead atoms. The smallest absolute Gasteiger partial charge is 0.191 e. The molecule has 1 saturated heterocycles. The van der Waals surface area contributed by atoms with Crippen molar-refractivity contribution in [1.29, 1.82) is 0 Å². The summed E-state index contributed by atoms with van der Waals surface area (Å²) in [6.45, 7) is 9.68. The average molecular weight is 464 g/mol. The van der Waals surface area contributed by atoms with E-state index in [2.05, 4.69) is 51.9 Å². The average Bonchev–Trinajstić information content (AvgIpc) is 3.07. The maximum absolute atomic E-state index is 4.65. The van der Waals surface area contributed by atoms with Gasteiger partial charge in [0.2, 0.25) is 0 Å². The molecule has 24 heavy (non-hydrogen) atoms. The van der Waals surface area contributed by atoms with Crippen molar-refractivity contribution in [2.75, 3.05) is 26.2 Å². The third-order valence-corrected chi connectivity index (χ3v) is 5.28. The van der Waals surface area contributed by atoms with E-state index in [0.29, 0.717) is 0 Å². The lowest BCUT2D eigenvalue weighted by molar-refractivity contribution is 0.158. The Labute approximate surface area is 168 Å². The van der Waals surface area contributed by atoms with Crippen LogP contribution in [0.5, 0.6) is 0 Å². The second kappa shape index (κ2) is 12.9. The molecule has 1 atom stereocenters. The zero-order chi connectivity index (χ0) is 16.3. The van der Waals surface area contributed by atoms with Gasteiger partial charge in [-0.05, 0) is 64.1 Å². The van der Waals surface area contributed by atoms with Gasteiger partial charge in [0.25, 0.3) is 0 Å². The molecular weight excluding hydrogens is 431 g/mol. The van der Waals surface area contributed by atoms with Crippen molar-refractivity contribution >= 4 is 41.3 Å². The summed E-state index contributed by atoms with van der Waals surface area (Å²) in [6.07, 6.45) is 6.63. The summed E-state index contributed by atoms with van der Waals surface area (Å²) in [7, 11) is 0. The summed E-state index contributed by atoms with van der Waals surface area (Å²) in [5, 5.41) is 8.89. The van der Waals surface area contributed by atoms with Crippen LogP contribution in [0.15, 0.2) is 22.5 Å². The Balaban J connectivity index is 0.00000288. The maximum Gasteiger partial charge on any atom is 0.191 e. The summed E-state index contributed by atoms with van der Waals surface area (Å²) < 4.78 is 0. The van der Waals surface area contributed by atoms with E-state index < -0.39 is 0 Å². The third-order valence-electron chi connectivity index (χ3n) is 4.42. The van der Waals surface area contributed by atoms with E-state index in [9.17, 15) is 0 Å². The van der Waals surface area contributed by atoms with Crippen molar-refractivity contribution in [2.24, 2.45) is 4.99 Å². The highest BCUT2D eigenvalue weighted by Gasteiger charge is 2.16. The monoisotopic (exact) mass is 464 g/mol. The highest BCUT2D eigenvalue weighted by atomic mass is 127. The number of thiophene rings is 1. The minimum absolute atomic E-state index is 0. The predicted molar refractivity (Wildman–Crippen MR) is 117 cm³/mol. The molecule has 4 nitrogen and oxygen atoms in total. The van der Waals surface area contributed by atoms with Gasteiger partial charge in [-0.15, -0.1) is 35.3 Å². The standard InChI is InChI=1S/C18H32N4S.HI/c1-3-19-18(21-15-17-10-8-14-23-17)20-11-5-7-13-22-12-6-4-9-16(22)2;/h8,10,14,16H,3-7,9,11-13,15H2,1-2H3,(H2,19,20,21);1H. The Morgan fingerprint density at radius 1 is 1.33 bits per heavy atom. The van der Waals surface area contributed by atoms with Crippen LogP contribution >= 0.6 is 35.3 Å². The SMILES string of the molecule is CCNC(=NCc1cccs1)NCCCCN1CCCCC1C.I. The van der Waals surface area contributed by atoms with Gasteiger partial charge in [-0.3, -0.25) is 0 Å². The van der Waals surface area contributed by atoms with E-state index in [4.69, 9.17) is 0 Å². The predicted octanol–water partition coefficient (Wildman–Crippen LogP) is 4.08. The van der Waals surface area contributed by atoms with Crippen molar-refractivity contribution in [2.45, 2.75) is 58.5 Å². The van der Waals surface area contributed by atoms with Gasteiger partial charge in [0, 0.05) is 24.0 Å². The van der Waals surface area contributed by atoms with Crippen LogP contribution in [0.3, 0.4) is 0 Å². The quantitative estimate of drug-likeness (QED) is 0.264. The van der Waals surface area contributed by atoms with Crippen LogP contribution in [0.1, 0.15) is 50.8 Å².